The number of halogens is 1. The quantitative estimate of drug-likeness (QED) is 0.861. The Labute approximate surface area is 120 Å². The van der Waals surface area contributed by atoms with E-state index in [1.165, 1.54) is 18.8 Å². The normalized spacial score (nSPS) is 15.6. The molecule has 0 atom stereocenters. The Kier molecular flexibility index (Phi) is 4.29. The van der Waals surface area contributed by atoms with E-state index in [2.05, 4.69) is 0 Å². The molecule has 1 aliphatic rings. The van der Waals surface area contributed by atoms with Crippen LogP contribution in [-0.4, -0.2) is 41.2 Å². The van der Waals surface area contributed by atoms with Gasteiger partial charge < -0.3 is 5.11 Å². The summed E-state index contributed by atoms with van der Waals surface area (Å²) >= 11 is 7.01. The summed E-state index contributed by atoms with van der Waals surface area (Å²) in [6, 6.07) is 6.77. The fourth-order valence-corrected chi connectivity index (χ4v) is 2.80. The summed E-state index contributed by atoms with van der Waals surface area (Å²) in [5.74, 6) is -0.277. The van der Waals surface area contributed by atoms with Crippen LogP contribution >= 0.6 is 23.4 Å². The molecule has 2 amide bonds. The first-order valence-corrected chi connectivity index (χ1v) is 6.99. The maximum atomic E-state index is 12.1. The number of thioether (sulfide) groups is 1. The number of imide groups is 1. The van der Waals surface area contributed by atoms with Crippen molar-refractivity contribution in [2.24, 2.45) is 0 Å². The smallest absolute Gasteiger partial charge is 0.267 e. The summed E-state index contributed by atoms with van der Waals surface area (Å²) < 4.78 is 0. The number of carbonyl (C=O) groups is 2. The topological polar surface area (TPSA) is 57.6 Å². The van der Waals surface area contributed by atoms with Gasteiger partial charge in [0, 0.05) is 17.8 Å². The van der Waals surface area contributed by atoms with E-state index >= 15 is 0 Å². The van der Waals surface area contributed by atoms with Crippen molar-refractivity contribution in [2.75, 3.05) is 19.4 Å². The molecule has 0 saturated carbocycles. The number of hydrogen-bond donors (Lipinski definition) is 1. The van der Waals surface area contributed by atoms with Gasteiger partial charge in [0.2, 0.25) is 0 Å². The lowest BCUT2D eigenvalue weighted by Gasteiger charge is -2.06. The molecule has 1 aromatic carbocycles. The van der Waals surface area contributed by atoms with E-state index in [9.17, 15) is 9.59 Å². The molecule has 0 aliphatic carbocycles. The van der Waals surface area contributed by atoms with Gasteiger partial charge in [0.15, 0.2) is 0 Å². The number of likely N-dealkylation sites (N-methyl/N-ethyl adjacent to an activating group) is 1. The van der Waals surface area contributed by atoms with Gasteiger partial charge in [-0.2, -0.15) is 0 Å². The van der Waals surface area contributed by atoms with E-state index in [4.69, 9.17) is 16.7 Å². The van der Waals surface area contributed by atoms with Crippen LogP contribution in [0.15, 0.2) is 29.2 Å². The van der Waals surface area contributed by atoms with Crippen LogP contribution in [-0.2, 0) is 9.59 Å². The van der Waals surface area contributed by atoms with Crippen LogP contribution in [0.25, 0.3) is 5.57 Å². The summed E-state index contributed by atoms with van der Waals surface area (Å²) in [5, 5.41) is 9.44. The van der Waals surface area contributed by atoms with Gasteiger partial charge >= 0.3 is 0 Å². The SMILES string of the molecule is CN1C(=O)C(SCCO)=C(c2ccc(Cl)cc2)C1=O. The molecule has 2 rings (SSSR count). The zero-order valence-corrected chi connectivity index (χ0v) is 11.8. The molecule has 0 unspecified atom stereocenters. The molecule has 1 N–H and O–H groups in total. The molecule has 1 aliphatic heterocycles. The van der Waals surface area contributed by atoms with Gasteiger partial charge in [-0.15, -0.1) is 11.8 Å². The molecule has 0 fully saturated rings. The molecule has 0 bridgehead atoms. The highest BCUT2D eigenvalue weighted by Gasteiger charge is 2.36. The third-order valence-electron chi connectivity index (χ3n) is 2.72. The first-order valence-electron chi connectivity index (χ1n) is 5.62. The molecule has 0 saturated heterocycles. The Balaban J connectivity index is 2.46. The number of aliphatic hydroxyl groups excluding tert-OH is 1. The Hall–Kier alpha value is -1.30. The van der Waals surface area contributed by atoms with Crippen LogP contribution in [0.5, 0.6) is 0 Å². The molecule has 1 aromatic rings. The molecule has 6 heteroatoms. The van der Waals surface area contributed by atoms with Crippen molar-refractivity contribution in [3.05, 3.63) is 39.8 Å². The van der Waals surface area contributed by atoms with E-state index in [0.717, 1.165) is 4.90 Å². The predicted molar refractivity (Wildman–Crippen MR) is 75.7 cm³/mol. The van der Waals surface area contributed by atoms with Crippen molar-refractivity contribution in [1.82, 2.24) is 4.90 Å². The number of benzene rings is 1. The maximum Gasteiger partial charge on any atom is 0.267 e. The maximum absolute atomic E-state index is 12.1. The number of nitrogens with zero attached hydrogens (tertiary/aromatic N) is 1. The van der Waals surface area contributed by atoms with Crippen LogP contribution in [0.1, 0.15) is 5.56 Å². The summed E-state index contributed by atoms with van der Waals surface area (Å²) in [7, 11) is 1.45. The molecule has 100 valence electrons. The van der Waals surface area contributed by atoms with Crippen LogP contribution < -0.4 is 0 Å². The van der Waals surface area contributed by atoms with Crippen molar-refractivity contribution in [3.8, 4) is 0 Å². The monoisotopic (exact) mass is 297 g/mol. The Bertz CT molecular complexity index is 554. The zero-order chi connectivity index (χ0) is 14.0. The van der Waals surface area contributed by atoms with Crippen LogP contribution in [0.4, 0.5) is 0 Å². The van der Waals surface area contributed by atoms with E-state index < -0.39 is 0 Å². The second kappa shape index (κ2) is 5.77. The standard InChI is InChI=1S/C13H12ClNO3S/c1-15-12(17)10(8-2-4-9(14)5-3-8)11(13(15)18)19-7-6-16/h2-5,16H,6-7H2,1H3. The highest BCUT2D eigenvalue weighted by Crippen LogP contribution is 2.35. The molecule has 1 heterocycles. The second-order valence-electron chi connectivity index (χ2n) is 3.95. The van der Waals surface area contributed by atoms with E-state index in [1.807, 2.05) is 0 Å². The van der Waals surface area contributed by atoms with Crippen LogP contribution in [0.2, 0.25) is 5.02 Å². The van der Waals surface area contributed by atoms with Crippen molar-refractivity contribution in [3.63, 3.8) is 0 Å². The minimum Gasteiger partial charge on any atom is -0.396 e. The Morgan fingerprint density at radius 3 is 2.42 bits per heavy atom. The molecular weight excluding hydrogens is 286 g/mol. The molecule has 0 radical (unpaired) electrons. The Morgan fingerprint density at radius 1 is 1.21 bits per heavy atom. The van der Waals surface area contributed by atoms with E-state index in [1.54, 1.807) is 24.3 Å². The summed E-state index contributed by atoms with van der Waals surface area (Å²) in [6.45, 7) is -0.0484. The van der Waals surface area contributed by atoms with E-state index in [-0.39, 0.29) is 18.4 Å². The lowest BCUT2D eigenvalue weighted by molar-refractivity contribution is -0.134. The molecule has 4 nitrogen and oxygen atoms in total. The van der Waals surface area contributed by atoms with Crippen molar-refractivity contribution in [1.29, 1.82) is 0 Å². The number of amides is 2. The highest BCUT2D eigenvalue weighted by atomic mass is 35.5. The third kappa shape index (κ3) is 2.68. The van der Waals surface area contributed by atoms with Crippen LogP contribution in [0.3, 0.4) is 0 Å². The first-order chi connectivity index (χ1) is 9.06. The zero-order valence-electron chi connectivity index (χ0n) is 10.2. The average molecular weight is 298 g/mol. The van der Waals surface area contributed by atoms with E-state index in [0.29, 0.717) is 26.8 Å². The summed E-state index contributed by atoms with van der Waals surface area (Å²) in [5.41, 5.74) is 1.04. The van der Waals surface area contributed by atoms with Gasteiger partial charge in [0.25, 0.3) is 11.8 Å². The van der Waals surface area contributed by atoms with Gasteiger partial charge in [-0.1, -0.05) is 23.7 Å². The Morgan fingerprint density at radius 2 is 1.84 bits per heavy atom. The summed E-state index contributed by atoms with van der Waals surface area (Å²) in [4.78, 5) is 25.6. The second-order valence-corrected chi connectivity index (χ2v) is 5.49. The average Bonchev–Trinajstić information content (AvgIpc) is 2.62. The number of hydrogen-bond acceptors (Lipinski definition) is 4. The van der Waals surface area contributed by atoms with Gasteiger partial charge in [-0.25, -0.2) is 0 Å². The fourth-order valence-electron chi connectivity index (χ4n) is 1.77. The highest BCUT2D eigenvalue weighted by molar-refractivity contribution is 8.04. The van der Waals surface area contributed by atoms with Crippen LogP contribution in [0, 0.1) is 0 Å². The largest absolute Gasteiger partial charge is 0.396 e. The minimum atomic E-state index is -0.326. The molecule has 0 aromatic heterocycles. The van der Waals surface area contributed by atoms with Gasteiger partial charge in [0.05, 0.1) is 17.1 Å². The predicted octanol–water partition coefficient (Wildman–Crippen LogP) is 1.78. The number of carbonyl (C=O) groups excluding carboxylic acids is 2. The third-order valence-corrected chi connectivity index (χ3v) is 4.02. The van der Waals surface area contributed by atoms with Crippen molar-refractivity contribution >= 4 is 40.8 Å². The fraction of sp³-hybridized carbons (Fsp3) is 0.231. The lowest BCUT2D eigenvalue weighted by Crippen LogP contribution is -2.26. The first kappa shape index (κ1) is 14.1. The number of rotatable bonds is 4. The molecular formula is C13H12ClNO3S. The van der Waals surface area contributed by atoms with Gasteiger partial charge in [0.1, 0.15) is 0 Å². The molecule has 19 heavy (non-hydrogen) atoms. The summed E-state index contributed by atoms with van der Waals surface area (Å²) in [6.07, 6.45) is 0. The van der Waals surface area contributed by atoms with Crippen molar-refractivity contribution < 1.29 is 14.7 Å². The number of aliphatic hydroxyl groups is 1. The van der Waals surface area contributed by atoms with Gasteiger partial charge in [-0.05, 0) is 17.7 Å². The van der Waals surface area contributed by atoms with Crippen molar-refractivity contribution in [2.45, 2.75) is 0 Å². The molecule has 0 spiro atoms. The minimum absolute atomic E-state index is 0.0484. The lowest BCUT2D eigenvalue weighted by atomic mass is 10.1. The van der Waals surface area contributed by atoms with Gasteiger partial charge in [-0.3, -0.25) is 14.5 Å².